The molecule has 0 saturated carbocycles. The van der Waals surface area contributed by atoms with E-state index in [0.717, 1.165) is 0 Å². The van der Waals surface area contributed by atoms with E-state index in [1.165, 1.54) is 36.4 Å². The molecule has 0 saturated heterocycles. The summed E-state index contributed by atoms with van der Waals surface area (Å²) in [5, 5.41) is 4.03. The number of rotatable bonds is 9. The molecule has 0 aromatic heterocycles. The molecule has 2 rings (SSSR count). The van der Waals surface area contributed by atoms with Crippen LogP contribution in [-0.4, -0.2) is 27.5 Å². The Morgan fingerprint density at radius 3 is 2.27 bits per heavy atom. The first kappa shape index (κ1) is 23.9. The molecule has 0 aliphatic rings. The fourth-order valence-corrected chi connectivity index (χ4v) is 4.60. The number of nitrogens with zero attached hydrogens (tertiary/aromatic N) is 1. The van der Waals surface area contributed by atoms with Crippen LogP contribution in [0.3, 0.4) is 0 Å². The second-order valence-corrected chi connectivity index (χ2v) is 8.58. The van der Waals surface area contributed by atoms with E-state index in [1.54, 1.807) is 19.9 Å². The topological polar surface area (TPSA) is 111 Å². The third-order valence-electron chi connectivity index (χ3n) is 4.17. The fourth-order valence-electron chi connectivity index (χ4n) is 2.89. The van der Waals surface area contributed by atoms with Crippen LogP contribution in [0.5, 0.6) is 0 Å². The number of carbonyl (C=O) groups excluding carboxylic acids is 1. The minimum absolute atomic E-state index is 0.0328. The van der Waals surface area contributed by atoms with Gasteiger partial charge in [-0.15, -0.1) is 5.23 Å². The van der Waals surface area contributed by atoms with Gasteiger partial charge in [-0.2, -0.15) is 0 Å². The van der Waals surface area contributed by atoms with E-state index in [9.17, 15) is 13.2 Å². The Morgan fingerprint density at radius 1 is 1.13 bits per heavy atom. The smallest absolute Gasteiger partial charge is 0.221 e. The molecular formula is C20H26ClN3O5S. The predicted molar refractivity (Wildman–Crippen MR) is 117 cm³/mol. The van der Waals surface area contributed by atoms with Crippen molar-refractivity contribution >= 4 is 44.4 Å². The monoisotopic (exact) mass is 455 g/mol. The van der Waals surface area contributed by atoms with Crippen molar-refractivity contribution in [1.29, 1.82) is 0 Å². The van der Waals surface area contributed by atoms with Gasteiger partial charge in [0.25, 0.3) is 0 Å². The van der Waals surface area contributed by atoms with Crippen molar-refractivity contribution in [3.05, 3.63) is 40.9 Å². The van der Waals surface area contributed by atoms with Crippen LogP contribution in [0.1, 0.15) is 33.3 Å². The van der Waals surface area contributed by atoms with Crippen LogP contribution in [0.15, 0.2) is 40.1 Å². The Kier molecular flexibility index (Phi) is 8.08. The summed E-state index contributed by atoms with van der Waals surface area (Å²) in [5.41, 5.74) is 7.19. The zero-order valence-corrected chi connectivity index (χ0v) is 18.9. The lowest BCUT2D eigenvalue weighted by Crippen LogP contribution is -2.26. The Morgan fingerprint density at radius 2 is 1.77 bits per heavy atom. The number of nitrogens with one attached hydrogen (secondary N) is 1. The predicted octanol–water partition coefficient (Wildman–Crippen LogP) is 3.99. The molecule has 8 nitrogen and oxygen atoms in total. The molecule has 2 aromatic carbocycles. The number of hydrogen-bond donors (Lipinski definition) is 2. The highest BCUT2D eigenvalue weighted by molar-refractivity contribution is 7.91. The molecule has 10 heteroatoms. The van der Waals surface area contributed by atoms with Gasteiger partial charge in [0.15, 0.2) is 0 Å². The molecular weight excluding hydrogens is 430 g/mol. The average molecular weight is 456 g/mol. The summed E-state index contributed by atoms with van der Waals surface area (Å²) >= 11 is 6.03. The lowest BCUT2D eigenvalue weighted by atomic mass is 10.1. The molecule has 30 heavy (non-hydrogen) atoms. The highest BCUT2D eigenvalue weighted by Gasteiger charge is 2.27. The second-order valence-electron chi connectivity index (χ2n) is 6.25. The van der Waals surface area contributed by atoms with Crippen LogP contribution < -0.4 is 16.3 Å². The summed E-state index contributed by atoms with van der Waals surface area (Å²) in [6.07, 6.45) is 0.410. The Balaban J connectivity index is 2.75. The number of benzene rings is 2. The van der Waals surface area contributed by atoms with E-state index in [4.69, 9.17) is 27.0 Å². The average Bonchev–Trinajstić information content (AvgIpc) is 2.68. The molecule has 0 fully saturated rings. The lowest BCUT2D eigenvalue weighted by molar-refractivity contribution is -0.114. The molecule has 0 unspecified atom stereocenters. The molecule has 0 aliphatic carbocycles. The first-order valence-electron chi connectivity index (χ1n) is 9.46. The van der Waals surface area contributed by atoms with Crippen molar-refractivity contribution in [2.45, 2.75) is 43.9 Å². The van der Waals surface area contributed by atoms with Crippen LogP contribution >= 0.6 is 11.6 Å². The van der Waals surface area contributed by atoms with Gasteiger partial charge in [-0.25, -0.2) is 18.1 Å². The summed E-state index contributed by atoms with van der Waals surface area (Å²) in [5.74, 6) is -0.409. The molecule has 1 amide bonds. The number of hydrogen-bond acceptors (Lipinski definition) is 7. The van der Waals surface area contributed by atoms with E-state index < -0.39 is 15.7 Å². The van der Waals surface area contributed by atoms with Gasteiger partial charge in [0.05, 0.1) is 39.4 Å². The van der Waals surface area contributed by atoms with Gasteiger partial charge < -0.3 is 11.1 Å². The number of nitrogens with two attached hydrogens (primary N) is 1. The van der Waals surface area contributed by atoms with Gasteiger partial charge in [0, 0.05) is 12.5 Å². The maximum absolute atomic E-state index is 13.4. The summed E-state index contributed by atoms with van der Waals surface area (Å²) in [7, 11) is -4.01. The number of sulfone groups is 1. The minimum Gasteiger partial charge on any atom is -0.398 e. The normalized spacial score (nSPS) is 11.4. The van der Waals surface area contributed by atoms with Crippen molar-refractivity contribution in [3.8, 4) is 0 Å². The van der Waals surface area contributed by atoms with Crippen LogP contribution in [-0.2, 0) is 30.7 Å². The second kappa shape index (κ2) is 10.1. The Bertz CT molecular complexity index is 1020. The summed E-state index contributed by atoms with van der Waals surface area (Å²) in [6.45, 7) is 7.43. The zero-order valence-electron chi connectivity index (χ0n) is 17.4. The number of anilines is 3. The maximum atomic E-state index is 13.4. The zero-order chi connectivity index (χ0) is 22.5. The van der Waals surface area contributed by atoms with E-state index in [1.807, 2.05) is 6.92 Å². The van der Waals surface area contributed by atoms with E-state index in [-0.39, 0.29) is 26.2 Å². The quantitative estimate of drug-likeness (QED) is 0.434. The highest BCUT2D eigenvalue weighted by Crippen LogP contribution is 2.38. The third-order valence-corrected chi connectivity index (χ3v) is 6.29. The maximum Gasteiger partial charge on any atom is 0.221 e. The highest BCUT2D eigenvalue weighted by atomic mass is 35.5. The van der Waals surface area contributed by atoms with Crippen LogP contribution in [0, 0.1) is 0 Å². The fraction of sp³-hybridized carbons (Fsp3) is 0.350. The number of carbonyl (C=O) groups is 1. The molecule has 164 valence electrons. The molecule has 0 atom stereocenters. The summed E-state index contributed by atoms with van der Waals surface area (Å²) < 4.78 is 26.7. The lowest BCUT2D eigenvalue weighted by Gasteiger charge is -2.26. The van der Waals surface area contributed by atoms with Crippen molar-refractivity contribution in [2.75, 3.05) is 29.5 Å². The van der Waals surface area contributed by atoms with Gasteiger partial charge in [-0.1, -0.05) is 18.5 Å². The third kappa shape index (κ3) is 5.04. The van der Waals surface area contributed by atoms with Crippen LogP contribution in [0.25, 0.3) is 0 Å². The first-order valence-corrected chi connectivity index (χ1v) is 11.3. The van der Waals surface area contributed by atoms with Gasteiger partial charge >= 0.3 is 0 Å². The molecule has 3 N–H and O–H groups in total. The van der Waals surface area contributed by atoms with E-state index >= 15 is 0 Å². The largest absolute Gasteiger partial charge is 0.398 e. The Labute approximate surface area is 181 Å². The summed E-state index contributed by atoms with van der Waals surface area (Å²) in [6, 6.07) is 7.08. The number of halogens is 1. The number of nitrogen functional groups attached to an aromatic ring is 1. The summed E-state index contributed by atoms with van der Waals surface area (Å²) in [4.78, 5) is 22.9. The molecule has 2 aromatic rings. The standard InChI is InChI=1S/C20H26ClN3O5S/c1-5-15-18(24(28-6-2)29-7-3)10-11-19(20(15)23-13(4)25)30(26,27)14-8-9-17(22)16(21)12-14/h8-12H,5-7,22H2,1-4H3,(H,23,25). The van der Waals surface area contributed by atoms with Gasteiger partial charge in [-0.3, -0.25) is 4.79 Å². The molecule has 0 heterocycles. The van der Waals surface area contributed by atoms with Gasteiger partial charge in [-0.05, 0) is 50.6 Å². The van der Waals surface area contributed by atoms with Crippen molar-refractivity contribution < 1.29 is 22.9 Å². The van der Waals surface area contributed by atoms with Crippen molar-refractivity contribution in [1.82, 2.24) is 0 Å². The molecule has 0 radical (unpaired) electrons. The van der Waals surface area contributed by atoms with E-state index in [0.29, 0.717) is 30.9 Å². The van der Waals surface area contributed by atoms with E-state index in [2.05, 4.69) is 5.32 Å². The SMILES string of the molecule is CCON(OCC)c1ccc(S(=O)(=O)c2ccc(N)c(Cl)c2)c(NC(C)=O)c1CC. The van der Waals surface area contributed by atoms with Crippen molar-refractivity contribution in [2.24, 2.45) is 0 Å². The molecule has 0 bridgehead atoms. The van der Waals surface area contributed by atoms with Gasteiger partial charge in [0.1, 0.15) is 5.69 Å². The van der Waals surface area contributed by atoms with Crippen LogP contribution in [0.4, 0.5) is 17.1 Å². The Hall–Kier alpha value is -2.33. The molecule has 0 spiro atoms. The first-order chi connectivity index (χ1) is 14.2. The van der Waals surface area contributed by atoms with Crippen molar-refractivity contribution in [3.63, 3.8) is 0 Å². The number of amides is 1. The minimum atomic E-state index is -4.01. The van der Waals surface area contributed by atoms with Crippen LogP contribution in [0.2, 0.25) is 5.02 Å². The molecule has 0 aliphatic heterocycles. The van der Waals surface area contributed by atoms with Gasteiger partial charge in [0.2, 0.25) is 15.7 Å².